The van der Waals surface area contributed by atoms with Gasteiger partial charge < -0.3 is 5.10 Å². The predicted molar refractivity (Wildman–Crippen MR) is 80.2 cm³/mol. The van der Waals surface area contributed by atoms with Crippen molar-refractivity contribution in [2.45, 2.75) is 19.5 Å². The van der Waals surface area contributed by atoms with Crippen LogP contribution in [0, 0.1) is 0 Å². The number of hydrogen-bond donors (Lipinski definition) is 2. The first-order valence-electron chi connectivity index (χ1n) is 5.87. The molecule has 0 amide bonds. The van der Waals surface area contributed by atoms with Crippen molar-refractivity contribution in [2.75, 3.05) is 6.54 Å². The van der Waals surface area contributed by atoms with Gasteiger partial charge in [0.15, 0.2) is 0 Å². The average Bonchev–Trinajstić information content (AvgIpc) is 2.72. The van der Waals surface area contributed by atoms with Gasteiger partial charge in [-0.05, 0) is 12.0 Å². The van der Waals surface area contributed by atoms with Crippen molar-refractivity contribution < 1.29 is 0 Å². The summed E-state index contributed by atoms with van der Waals surface area (Å²) in [5.74, 6) is 0. The Bertz CT molecular complexity index is 565. The number of H-pyrrole nitrogens is 2. The van der Waals surface area contributed by atoms with Crippen LogP contribution >= 0.6 is 24.8 Å². The molecule has 2 N–H and O–H groups in total. The Kier molecular flexibility index (Phi) is 5.66. The SMILES string of the molecule is Cl.Cl.O=c1[nH][nH]c2c1CCN(Cc1ccccc1)C2. The van der Waals surface area contributed by atoms with Crippen LogP contribution in [0.4, 0.5) is 0 Å². The normalized spacial score (nSPS) is 14.1. The van der Waals surface area contributed by atoms with Gasteiger partial charge in [-0.1, -0.05) is 30.3 Å². The average molecular weight is 302 g/mol. The Morgan fingerprint density at radius 1 is 1.11 bits per heavy atom. The molecule has 0 radical (unpaired) electrons. The fraction of sp³-hybridized carbons (Fsp3) is 0.308. The van der Waals surface area contributed by atoms with Crippen LogP contribution in [0.25, 0.3) is 0 Å². The van der Waals surface area contributed by atoms with Crippen molar-refractivity contribution >= 4 is 24.8 Å². The van der Waals surface area contributed by atoms with E-state index in [4.69, 9.17) is 0 Å². The van der Waals surface area contributed by atoms with Crippen molar-refractivity contribution in [3.63, 3.8) is 0 Å². The fourth-order valence-corrected chi connectivity index (χ4v) is 2.37. The molecule has 0 saturated heterocycles. The predicted octanol–water partition coefficient (Wildman–Crippen LogP) is 2.10. The molecule has 1 aromatic carbocycles. The number of benzene rings is 1. The zero-order valence-corrected chi connectivity index (χ0v) is 12.0. The van der Waals surface area contributed by atoms with Gasteiger partial charge >= 0.3 is 0 Å². The van der Waals surface area contributed by atoms with Crippen LogP contribution in [0.2, 0.25) is 0 Å². The van der Waals surface area contributed by atoms with E-state index < -0.39 is 0 Å². The molecule has 0 spiro atoms. The van der Waals surface area contributed by atoms with Crippen LogP contribution in [0.15, 0.2) is 35.1 Å². The van der Waals surface area contributed by atoms with Crippen LogP contribution in [-0.2, 0) is 19.5 Å². The molecule has 0 unspecified atom stereocenters. The summed E-state index contributed by atoms with van der Waals surface area (Å²) in [5.41, 5.74) is 3.32. The zero-order chi connectivity index (χ0) is 11.7. The van der Waals surface area contributed by atoms with Crippen LogP contribution in [-0.4, -0.2) is 21.6 Å². The molecule has 1 aliphatic heterocycles. The molecular weight excluding hydrogens is 285 g/mol. The lowest BCUT2D eigenvalue weighted by Crippen LogP contribution is -2.31. The highest BCUT2D eigenvalue weighted by atomic mass is 35.5. The van der Waals surface area contributed by atoms with E-state index in [9.17, 15) is 4.79 Å². The number of rotatable bonds is 2. The molecule has 0 bridgehead atoms. The Hall–Kier alpha value is -1.23. The summed E-state index contributed by atoms with van der Waals surface area (Å²) in [7, 11) is 0. The highest BCUT2D eigenvalue weighted by Gasteiger charge is 2.19. The maximum Gasteiger partial charge on any atom is 0.267 e. The lowest BCUT2D eigenvalue weighted by atomic mass is 10.1. The number of hydrogen-bond acceptors (Lipinski definition) is 2. The first-order chi connectivity index (χ1) is 8.33. The lowest BCUT2D eigenvalue weighted by molar-refractivity contribution is 0.242. The number of nitrogens with one attached hydrogen (secondary N) is 2. The number of nitrogens with zero attached hydrogens (tertiary/aromatic N) is 1. The van der Waals surface area contributed by atoms with E-state index in [0.29, 0.717) is 0 Å². The van der Waals surface area contributed by atoms with Crippen molar-refractivity contribution in [3.8, 4) is 0 Å². The Morgan fingerprint density at radius 3 is 2.58 bits per heavy atom. The van der Waals surface area contributed by atoms with E-state index in [2.05, 4.69) is 39.4 Å². The van der Waals surface area contributed by atoms with Gasteiger partial charge in [-0.2, -0.15) is 0 Å². The Balaban J connectivity index is 0.000000902. The Morgan fingerprint density at radius 2 is 1.84 bits per heavy atom. The molecule has 3 rings (SSSR count). The number of aromatic nitrogens is 2. The summed E-state index contributed by atoms with van der Waals surface area (Å²) in [6.45, 7) is 2.71. The molecule has 2 aromatic rings. The third kappa shape index (κ3) is 3.41. The first-order valence-corrected chi connectivity index (χ1v) is 5.87. The summed E-state index contributed by atoms with van der Waals surface area (Å²) >= 11 is 0. The third-order valence-electron chi connectivity index (χ3n) is 3.27. The molecule has 1 aliphatic rings. The van der Waals surface area contributed by atoms with Crippen LogP contribution in [0.5, 0.6) is 0 Å². The zero-order valence-electron chi connectivity index (χ0n) is 10.4. The van der Waals surface area contributed by atoms with E-state index in [1.165, 1.54) is 5.56 Å². The second-order valence-electron chi connectivity index (χ2n) is 4.48. The molecule has 0 atom stereocenters. The molecule has 4 nitrogen and oxygen atoms in total. The van der Waals surface area contributed by atoms with E-state index in [1.807, 2.05) is 6.07 Å². The quantitative estimate of drug-likeness (QED) is 0.892. The minimum absolute atomic E-state index is 0. The third-order valence-corrected chi connectivity index (χ3v) is 3.27. The number of fused-ring (bicyclic) bond motifs is 1. The molecule has 19 heavy (non-hydrogen) atoms. The van der Waals surface area contributed by atoms with E-state index >= 15 is 0 Å². The van der Waals surface area contributed by atoms with Crippen LogP contribution in [0.1, 0.15) is 16.8 Å². The molecule has 0 fully saturated rings. The number of aromatic amines is 2. The van der Waals surface area contributed by atoms with E-state index in [0.717, 1.165) is 37.3 Å². The molecule has 1 aromatic heterocycles. The van der Waals surface area contributed by atoms with Crippen molar-refractivity contribution in [2.24, 2.45) is 0 Å². The Labute approximate surface area is 124 Å². The minimum Gasteiger partial charge on any atom is -0.301 e. The van der Waals surface area contributed by atoms with Crippen LogP contribution < -0.4 is 5.56 Å². The van der Waals surface area contributed by atoms with Crippen molar-refractivity contribution in [1.82, 2.24) is 15.1 Å². The molecule has 104 valence electrons. The van der Waals surface area contributed by atoms with Crippen molar-refractivity contribution in [3.05, 3.63) is 57.5 Å². The maximum absolute atomic E-state index is 11.4. The second-order valence-corrected chi connectivity index (χ2v) is 4.48. The first kappa shape index (κ1) is 15.8. The van der Waals surface area contributed by atoms with Crippen molar-refractivity contribution in [1.29, 1.82) is 0 Å². The summed E-state index contributed by atoms with van der Waals surface area (Å²) < 4.78 is 0. The molecular formula is C13H17Cl2N3O. The van der Waals surface area contributed by atoms with Gasteiger partial charge in [0.2, 0.25) is 0 Å². The molecule has 6 heteroatoms. The van der Waals surface area contributed by atoms with E-state index in [1.54, 1.807) is 0 Å². The smallest absolute Gasteiger partial charge is 0.267 e. The van der Waals surface area contributed by atoms with Gasteiger partial charge in [0.05, 0.1) is 5.69 Å². The molecule has 0 aliphatic carbocycles. The summed E-state index contributed by atoms with van der Waals surface area (Å²) in [6.07, 6.45) is 0.834. The van der Waals surface area contributed by atoms with Gasteiger partial charge in [-0.3, -0.25) is 14.8 Å². The fourth-order valence-electron chi connectivity index (χ4n) is 2.37. The highest BCUT2D eigenvalue weighted by molar-refractivity contribution is 5.85. The molecule has 2 heterocycles. The topological polar surface area (TPSA) is 51.9 Å². The van der Waals surface area contributed by atoms with Gasteiger partial charge in [-0.25, -0.2) is 0 Å². The van der Waals surface area contributed by atoms with Crippen LogP contribution in [0.3, 0.4) is 0 Å². The van der Waals surface area contributed by atoms with Gasteiger partial charge in [0.25, 0.3) is 5.56 Å². The summed E-state index contributed by atoms with van der Waals surface area (Å²) in [6, 6.07) is 10.4. The minimum atomic E-state index is 0. The van der Waals surface area contributed by atoms with Gasteiger partial charge in [0.1, 0.15) is 0 Å². The second kappa shape index (κ2) is 6.80. The van der Waals surface area contributed by atoms with Gasteiger partial charge in [0, 0.05) is 25.2 Å². The molecule has 0 saturated carbocycles. The van der Waals surface area contributed by atoms with Gasteiger partial charge in [-0.15, -0.1) is 24.8 Å². The maximum atomic E-state index is 11.4. The largest absolute Gasteiger partial charge is 0.301 e. The standard InChI is InChI=1S/C13H15N3O.2ClH/c17-13-11-6-7-16(9-12(11)14-15-13)8-10-4-2-1-3-5-10;;/h1-5H,6-9H2,(H2,14,15,17);2*1H. The van der Waals surface area contributed by atoms with E-state index in [-0.39, 0.29) is 30.4 Å². The monoisotopic (exact) mass is 301 g/mol. The summed E-state index contributed by atoms with van der Waals surface area (Å²) in [4.78, 5) is 13.8. The summed E-state index contributed by atoms with van der Waals surface area (Å²) in [5, 5.41) is 5.62. The highest BCUT2D eigenvalue weighted by Crippen LogP contribution is 2.15. The number of halogens is 2. The lowest BCUT2D eigenvalue weighted by Gasteiger charge is -2.25.